The quantitative estimate of drug-likeness (QED) is 0.637. The van der Waals surface area contributed by atoms with Crippen molar-refractivity contribution in [3.8, 4) is 17.1 Å². The number of hydrogen-bond donors (Lipinski definition) is 0. The van der Waals surface area contributed by atoms with Crippen molar-refractivity contribution in [2.24, 2.45) is 0 Å². The van der Waals surface area contributed by atoms with Gasteiger partial charge in [0.15, 0.2) is 12.4 Å². The predicted molar refractivity (Wildman–Crippen MR) is 83.6 cm³/mol. The van der Waals surface area contributed by atoms with Gasteiger partial charge in [0.1, 0.15) is 29.7 Å². The highest BCUT2D eigenvalue weighted by Crippen LogP contribution is 2.21. The van der Waals surface area contributed by atoms with Crippen LogP contribution in [0.1, 0.15) is 5.69 Å². The van der Waals surface area contributed by atoms with Crippen molar-refractivity contribution in [1.29, 1.82) is 0 Å². The van der Waals surface area contributed by atoms with Crippen LogP contribution in [0.2, 0.25) is 0 Å². The Morgan fingerprint density at radius 1 is 1.00 bits per heavy atom. The smallest absolute Gasteiger partial charge is 0.344 e. The van der Waals surface area contributed by atoms with Crippen LogP contribution in [0.3, 0.4) is 0 Å². The summed E-state index contributed by atoms with van der Waals surface area (Å²) in [6.07, 6.45) is 0. The van der Waals surface area contributed by atoms with Gasteiger partial charge in [0.05, 0.1) is 0 Å². The normalized spacial score (nSPS) is 10.5. The Kier molecular flexibility index (Phi) is 5.03. The molecule has 0 aliphatic heterocycles. The first-order valence-corrected chi connectivity index (χ1v) is 7.36. The molecule has 0 amide bonds. The highest BCUT2D eigenvalue weighted by atomic mass is 19.1. The van der Waals surface area contributed by atoms with Gasteiger partial charge in [-0.2, -0.15) is 0 Å². The number of ether oxygens (including phenoxy) is 2. The van der Waals surface area contributed by atoms with Gasteiger partial charge in [-0.25, -0.2) is 13.6 Å². The molecule has 0 saturated heterocycles. The Labute approximate surface area is 141 Å². The SMILES string of the molecule is O=C(COc1ccc(F)cc1)OCc1cc(-c2ccc(F)cc2)on1. The largest absolute Gasteiger partial charge is 0.482 e. The minimum atomic E-state index is -0.601. The van der Waals surface area contributed by atoms with Crippen molar-refractivity contribution in [2.75, 3.05) is 6.61 Å². The Hall–Kier alpha value is -3.22. The molecule has 0 bridgehead atoms. The number of halogens is 2. The van der Waals surface area contributed by atoms with Crippen LogP contribution in [0.5, 0.6) is 5.75 Å². The van der Waals surface area contributed by atoms with Crippen LogP contribution < -0.4 is 4.74 Å². The van der Waals surface area contributed by atoms with Crippen molar-refractivity contribution in [2.45, 2.75) is 6.61 Å². The molecule has 0 radical (unpaired) electrons. The highest BCUT2D eigenvalue weighted by Gasteiger charge is 2.10. The van der Waals surface area contributed by atoms with Crippen LogP contribution in [-0.2, 0) is 16.1 Å². The van der Waals surface area contributed by atoms with E-state index in [1.165, 1.54) is 36.4 Å². The van der Waals surface area contributed by atoms with Gasteiger partial charge in [-0.3, -0.25) is 0 Å². The number of aromatic nitrogens is 1. The van der Waals surface area contributed by atoms with Crippen LogP contribution in [0, 0.1) is 11.6 Å². The molecule has 7 heteroatoms. The molecule has 5 nitrogen and oxygen atoms in total. The second-order valence-corrected chi connectivity index (χ2v) is 5.09. The van der Waals surface area contributed by atoms with Crippen LogP contribution in [0.25, 0.3) is 11.3 Å². The molecule has 25 heavy (non-hydrogen) atoms. The Bertz CT molecular complexity index is 844. The van der Waals surface area contributed by atoms with E-state index in [0.717, 1.165) is 0 Å². The Morgan fingerprint density at radius 2 is 1.64 bits per heavy atom. The molecule has 128 valence electrons. The standard InChI is InChI=1S/C18H13F2NO4/c19-13-3-1-12(2-4-13)17-9-15(21-25-17)10-24-18(22)11-23-16-7-5-14(20)6-8-16/h1-9H,10-11H2. The van der Waals surface area contributed by atoms with Crippen LogP contribution in [0.4, 0.5) is 8.78 Å². The third kappa shape index (κ3) is 4.63. The van der Waals surface area contributed by atoms with Crippen molar-refractivity contribution in [3.05, 3.63) is 71.9 Å². The zero-order valence-electron chi connectivity index (χ0n) is 12.9. The molecule has 3 rings (SSSR count). The molecule has 0 saturated carbocycles. The first-order chi connectivity index (χ1) is 12.1. The number of hydrogen-bond acceptors (Lipinski definition) is 5. The highest BCUT2D eigenvalue weighted by molar-refractivity contribution is 5.71. The lowest BCUT2D eigenvalue weighted by Crippen LogP contribution is -2.14. The summed E-state index contributed by atoms with van der Waals surface area (Å²) in [5.41, 5.74) is 1.07. The van der Waals surface area contributed by atoms with Crippen molar-refractivity contribution < 1.29 is 27.6 Å². The number of nitrogens with zero attached hydrogens (tertiary/aromatic N) is 1. The van der Waals surface area contributed by atoms with Crippen molar-refractivity contribution in [3.63, 3.8) is 0 Å². The number of carbonyl (C=O) groups is 1. The second-order valence-electron chi connectivity index (χ2n) is 5.09. The van der Waals surface area contributed by atoms with Gasteiger partial charge in [0, 0.05) is 11.6 Å². The van der Waals surface area contributed by atoms with E-state index in [-0.39, 0.29) is 19.0 Å². The summed E-state index contributed by atoms with van der Waals surface area (Å²) in [6.45, 7) is -0.398. The van der Waals surface area contributed by atoms with E-state index in [0.29, 0.717) is 22.8 Å². The van der Waals surface area contributed by atoms with E-state index in [1.807, 2.05) is 0 Å². The van der Waals surface area contributed by atoms with Crippen LogP contribution >= 0.6 is 0 Å². The van der Waals surface area contributed by atoms with E-state index in [2.05, 4.69) is 5.16 Å². The molecule has 0 aliphatic carbocycles. The van der Waals surface area contributed by atoms with Gasteiger partial charge in [-0.05, 0) is 48.5 Å². The molecular formula is C18H13F2NO4. The van der Waals surface area contributed by atoms with E-state index in [1.54, 1.807) is 18.2 Å². The summed E-state index contributed by atoms with van der Waals surface area (Å²) in [5, 5.41) is 3.79. The summed E-state index contributed by atoms with van der Waals surface area (Å²) in [6, 6.07) is 12.6. The molecule has 1 heterocycles. The van der Waals surface area contributed by atoms with Crippen LogP contribution in [-0.4, -0.2) is 17.7 Å². The molecule has 0 aliphatic rings. The maximum Gasteiger partial charge on any atom is 0.344 e. The minimum Gasteiger partial charge on any atom is -0.482 e. The zero-order valence-corrected chi connectivity index (χ0v) is 12.9. The number of benzene rings is 2. The molecule has 0 unspecified atom stereocenters. The topological polar surface area (TPSA) is 61.6 Å². The fraction of sp³-hybridized carbons (Fsp3) is 0.111. The van der Waals surface area contributed by atoms with Gasteiger partial charge in [-0.1, -0.05) is 5.16 Å². The Balaban J connectivity index is 1.49. The molecule has 0 N–H and O–H groups in total. The van der Waals surface area contributed by atoms with E-state index in [9.17, 15) is 13.6 Å². The number of esters is 1. The zero-order chi connectivity index (χ0) is 17.6. The van der Waals surface area contributed by atoms with Crippen molar-refractivity contribution >= 4 is 5.97 Å². The number of rotatable bonds is 6. The summed E-state index contributed by atoms with van der Waals surface area (Å²) >= 11 is 0. The molecule has 2 aromatic carbocycles. The average Bonchev–Trinajstić information content (AvgIpc) is 3.09. The lowest BCUT2D eigenvalue weighted by atomic mass is 10.1. The van der Waals surface area contributed by atoms with Crippen LogP contribution in [0.15, 0.2) is 59.1 Å². The first-order valence-electron chi connectivity index (χ1n) is 7.36. The lowest BCUT2D eigenvalue weighted by molar-refractivity contribution is -0.147. The van der Waals surface area contributed by atoms with Gasteiger partial charge < -0.3 is 14.0 Å². The fourth-order valence-corrected chi connectivity index (χ4v) is 2.00. The number of carbonyl (C=O) groups excluding carboxylic acids is 1. The molecular weight excluding hydrogens is 332 g/mol. The van der Waals surface area contributed by atoms with Crippen molar-refractivity contribution in [1.82, 2.24) is 5.16 Å². The first kappa shape index (κ1) is 16.6. The fourth-order valence-electron chi connectivity index (χ4n) is 2.00. The third-order valence-corrected chi connectivity index (χ3v) is 3.24. The summed E-state index contributed by atoms with van der Waals surface area (Å²) < 4.78 is 41.0. The van der Waals surface area contributed by atoms with Gasteiger partial charge in [-0.15, -0.1) is 0 Å². The molecule has 3 aromatic rings. The second kappa shape index (κ2) is 7.57. The molecule has 0 atom stereocenters. The third-order valence-electron chi connectivity index (χ3n) is 3.24. The van der Waals surface area contributed by atoms with Gasteiger partial charge in [0.25, 0.3) is 0 Å². The molecule has 0 spiro atoms. The van der Waals surface area contributed by atoms with E-state index >= 15 is 0 Å². The maximum absolute atomic E-state index is 12.9. The maximum atomic E-state index is 12.9. The van der Waals surface area contributed by atoms with Gasteiger partial charge in [0.2, 0.25) is 0 Å². The predicted octanol–water partition coefficient (Wildman–Crippen LogP) is 3.74. The van der Waals surface area contributed by atoms with E-state index in [4.69, 9.17) is 14.0 Å². The summed E-state index contributed by atoms with van der Waals surface area (Å²) in [7, 11) is 0. The van der Waals surface area contributed by atoms with E-state index < -0.39 is 11.8 Å². The van der Waals surface area contributed by atoms with Gasteiger partial charge >= 0.3 is 5.97 Å². The average molecular weight is 345 g/mol. The lowest BCUT2D eigenvalue weighted by Gasteiger charge is -2.05. The Morgan fingerprint density at radius 3 is 2.32 bits per heavy atom. The summed E-state index contributed by atoms with van der Waals surface area (Å²) in [4.78, 5) is 11.6. The minimum absolute atomic E-state index is 0.0870. The molecule has 0 fully saturated rings. The molecule has 1 aromatic heterocycles. The summed E-state index contributed by atoms with van der Waals surface area (Å²) in [5.74, 6) is -0.542. The monoisotopic (exact) mass is 345 g/mol.